The highest BCUT2D eigenvalue weighted by molar-refractivity contribution is 7.17. The van der Waals surface area contributed by atoms with Crippen molar-refractivity contribution in [3.63, 3.8) is 0 Å². The van der Waals surface area contributed by atoms with Gasteiger partial charge in [-0.3, -0.25) is 4.79 Å². The largest absolute Gasteiger partial charge is 0.310 e. The number of nitrogens with one attached hydrogen (secondary N) is 1. The SMILES string of the molecule is CCCc1nc2scc(-c3ccc4c(c3)CCCC4)c2c(=O)[nH]1. The lowest BCUT2D eigenvalue weighted by Crippen LogP contribution is -2.11. The number of aromatic nitrogens is 2. The van der Waals surface area contributed by atoms with Crippen LogP contribution in [0.3, 0.4) is 0 Å². The lowest BCUT2D eigenvalue weighted by atomic mass is 9.89. The molecule has 4 rings (SSSR count). The molecule has 0 amide bonds. The van der Waals surface area contributed by atoms with Gasteiger partial charge in [0.1, 0.15) is 10.7 Å². The smallest absolute Gasteiger partial charge is 0.260 e. The van der Waals surface area contributed by atoms with E-state index in [0.29, 0.717) is 0 Å². The quantitative estimate of drug-likeness (QED) is 0.772. The number of hydrogen-bond acceptors (Lipinski definition) is 3. The summed E-state index contributed by atoms with van der Waals surface area (Å²) in [6, 6.07) is 6.67. The van der Waals surface area contributed by atoms with Crippen LogP contribution in [0.2, 0.25) is 0 Å². The predicted octanol–water partition coefficient (Wildman–Crippen LogP) is 4.48. The normalized spacial score (nSPS) is 14.1. The molecule has 0 atom stereocenters. The maximum atomic E-state index is 12.5. The maximum absolute atomic E-state index is 12.5. The van der Waals surface area contributed by atoms with Gasteiger partial charge in [-0.05, 0) is 48.8 Å². The third-order valence-corrected chi connectivity index (χ3v) is 5.51. The zero-order valence-electron chi connectivity index (χ0n) is 13.3. The lowest BCUT2D eigenvalue weighted by molar-refractivity contribution is 0.686. The summed E-state index contributed by atoms with van der Waals surface area (Å²) < 4.78 is 0. The average Bonchev–Trinajstić information content (AvgIpc) is 2.99. The van der Waals surface area contributed by atoms with E-state index in [4.69, 9.17) is 0 Å². The standard InChI is InChI=1S/C19H20N2OS/c1-2-5-16-20-18(22)17-15(11-23-19(17)21-16)14-9-8-12-6-3-4-7-13(12)10-14/h8-11H,2-7H2,1H3,(H,20,21,22). The van der Waals surface area contributed by atoms with Crippen molar-refractivity contribution in [3.8, 4) is 11.1 Å². The number of aryl methyl sites for hydroxylation is 3. The van der Waals surface area contributed by atoms with Crippen LogP contribution < -0.4 is 5.56 Å². The van der Waals surface area contributed by atoms with Gasteiger partial charge in [0.2, 0.25) is 0 Å². The van der Waals surface area contributed by atoms with E-state index in [9.17, 15) is 4.79 Å². The molecule has 1 N–H and O–H groups in total. The van der Waals surface area contributed by atoms with E-state index in [0.717, 1.165) is 46.4 Å². The molecule has 0 bridgehead atoms. The molecule has 0 spiro atoms. The van der Waals surface area contributed by atoms with Crippen molar-refractivity contribution in [2.24, 2.45) is 0 Å². The Bertz CT molecular complexity index is 923. The van der Waals surface area contributed by atoms with E-state index in [-0.39, 0.29) is 5.56 Å². The van der Waals surface area contributed by atoms with Gasteiger partial charge in [0.15, 0.2) is 0 Å². The Labute approximate surface area is 139 Å². The molecule has 0 fully saturated rings. The number of fused-ring (bicyclic) bond motifs is 2. The van der Waals surface area contributed by atoms with Crippen molar-refractivity contribution >= 4 is 21.6 Å². The lowest BCUT2D eigenvalue weighted by Gasteiger charge is -2.16. The van der Waals surface area contributed by atoms with Crippen molar-refractivity contribution in [1.82, 2.24) is 9.97 Å². The van der Waals surface area contributed by atoms with Crippen LogP contribution in [0.1, 0.15) is 43.1 Å². The molecule has 1 aliphatic carbocycles. The molecule has 1 aromatic carbocycles. The molecule has 3 aromatic rings. The number of benzene rings is 1. The van der Waals surface area contributed by atoms with Gasteiger partial charge in [-0.1, -0.05) is 25.1 Å². The first-order valence-corrected chi connectivity index (χ1v) is 9.27. The Kier molecular flexibility index (Phi) is 3.77. The number of H-pyrrole nitrogens is 1. The van der Waals surface area contributed by atoms with Crippen LogP contribution in [0.25, 0.3) is 21.3 Å². The molecular formula is C19H20N2OS. The topological polar surface area (TPSA) is 45.8 Å². The van der Waals surface area contributed by atoms with Crippen molar-refractivity contribution in [1.29, 1.82) is 0 Å². The predicted molar refractivity (Wildman–Crippen MR) is 96.3 cm³/mol. The molecule has 0 radical (unpaired) electrons. The van der Waals surface area contributed by atoms with Crippen molar-refractivity contribution in [2.45, 2.75) is 45.4 Å². The zero-order valence-corrected chi connectivity index (χ0v) is 14.1. The molecule has 2 aromatic heterocycles. The molecule has 118 valence electrons. The molecule has 0 saturated carbocycles. The van der Waals surface area contributed by atoms with Crippen LogP contribution in [-0.4, -0.2) is 9.97 Å². The Morgan fingerprint density at radius 1 is 1.22 bits per heavy atom. The minimum Gasteiger partial charge on any atom is -0.310 e. The van der Waals surface area contributed by atoms with Gasteiger partial charge in [0, 0.05) is 17.4 Å². The number of aromatic amines is 1. The summed E-state index contributed by atoms with van der Waals surface area (Å²) in [4.78, 5) is 21.0. The fourth-order valence-electron chi connectivity index (χ4n) is 3.46. The highest BCUT2D eigenvalue weighted by Crippen LogP contribution is 2.33. The van der Waals surface area contributed by atoms with Gasteiger partial charge >= 0.3 is 0 Å². The van der Waals surface area contributed by atoms with Crippen LogP contribution in [0, 0.1) is 0 Å². The zero-order chi connectivity index (χ0) is 15.8. The van der Waals surface area contributed by atoms with Gasteiger partial charge in [-0.25, -0.2) is 4.98 Å². The second-order valence-electron chi connectivity index (χ2n) is 6.28. The first-order chi connectivity index (χ1) is 11.3. The van der Waals surface area contributed by atoms with Gasteiger partial charge in [0.25, 0.3) is 5.56 Å². The third kappa shape index (κ3) is 2.61. The molecular weight excluding hydrogens is 304 g/mol. The number of rotatable bonds is 3. The Morgan fingerprint density at radius 2 is 2.04 bits per heavy atom. The van der Waals surface area contributed by atoms with Crippen LogP contribution in [0.4, 0.5) is 0 Å². The molecule has 0 saturated heterocycles. The number of hydrogen-bond donors (Lipinski definition) is 1. The molecule has 1 aliphatic rings. The molecule has 0 aliphatic heterocycles. The summed E-state index contributed by atoms with van der Waals surface area (Å²) >= 11 is 1.57. The number of nitrogens with zero attached hydrogens (tertiary/aromatic N) is 1. The third-order valence-electron chi connectivity index (χ3n) is 4.64. The Balaban J connectivity index is 1.85. The summed E-state index contributed by atoms with van der Waals surface area (Å²) in [5, 5.41) is 2.82. The molecule has 2 heterocycles. The van der Waals surface area contributed by atoms with Crippen LogP contribution in [0.15, 0.2) is 28.4 Å². The van der Waals surface area contributed by atoms with Crippen LogP contribution >= 0.6 is 11.3 Å². The van der Waals surface area contributed by atoms with Crippen molar-refractivity contribution < 1.29 is 0 Å². The Morgan fingerprint density at radius 3 is 2.87 bits per heavy atom. The first-order valence-electron chi connectivity index (χ1n) is 8.39. The first kappa shape index (κ1) is 14.6. The highest BCUT2D eigenvalue weighted by Gasteiger charge is 2.15. The van der Waals surface area contributed by atoms with E-state index in [1.54, 1.807) is 11.3 Å². The molecule has 0 unspecified atom stereocenters. The van der Waals surface area contributed by atoms with E-state index >= 15 is 0 Å². The second-order valence-corrected chi connectivity index (χ2v) is 7.14. The van der Waals surface area contributed by atoms with Gasteiger partial charge in [0.05, 0.1) is 5.39 Å². The van der Waals surface area contributed by atoms with Gasteiger partial charge in [-0.15, -0.1) is 11.3 Å². The van der Waals surface area contributed by atoms with E-state index in [1.807, 2.05) is 0 Å². The van der Waals surface area contributed by atoms with E-state index in [1.165, 1.54) is 30.4 Å². The van der Waals surface area contributed by atoms with Gasteiger partial charge < -0.3 is 4.98 Å². The summed E-state index contributed by atoms with van der Waals surface area (Å²) in [7, 11) is 0. The number of thiophene rings is 1. The minimum absolute atomic E-state index is 0.00702. The minimum atomic E-state index is -0.00702. The molecule has 23 heavy (non-hydrogen) atoms. The highest BCUT2D eigenvalue weighted by atomic mass is 32.1. The monoisotopic (exact) mass is 324 g/mol. The molecule has 4 heteroatoms. The van der Waals surface area contributed by atoms with E-state index in [2.05, 4.69) is 40.5 Å². The van der Waals surface area contributed by atoms with E-state index < -0.39 is 0 Å². The average molecular weight is 324 g/mol. The summed E-state index contributed by atoms with van der Waals surface area (Å²) in [6.45, 7) is 2.09. The summed E-state index contributed by atoms with van der Waals surface area (Å²) in [5.41, 5.74) is 5.08. The second kappa shape index (κ2) is 5.93. The summed E-state index contributed by atoms with van der Waals surface area (Å²) in [6.07, 6.45) is 6.69. The van der Waals surface area contributed by atoms with Crippen molar-refractivity contribution in [2.75, 3.05) is 0 Å². The maximum Gasteiger partial charge on any atom is 0.260 e. The fraction of sp³-hybridized carbons (Fsp3) is 0.368. The fourth-order valence-corrected chi connectivity index (χ4v) is 4.43. The summed E-state index contributed by atoms with van der Waals surface area (Å²) in [5.74, 6) is 0.795. The van der Waals surface area contributed by atoms with Crippen LogP contribution in [0.5, 0.6) is 0 Å². The van der Waals surface area contributed by atoms with Crippen LogP contribution in [-0.2, 0) is 19.3 Å². The van der Waals surface area contributed by atoms with Gasteiger partial charge in [-0.2, -0.15) is 0 Å². The Hall–Kier alpha value is -1.94. The molecule has 3 nitrogen and oxygen atoms in total. The van der Waals surface area contributed by atoms with Crippen molar-refractivity contribution in [3.05, 3.63) is 50.9 Å².